The van der Waals surface area contributed by atoms with E-state index in [1.165, 1.54) is 11.8 Å². The summed E-state index contributed by atoms with van der Waals surface area (Å²) in [6, 6.07) is 11.9. The minimum absolute atomic E-state index is 0.152. The number of hydrogen-bond acceptors (Lipinski definition) is 5. The van der Waals surface area contributed by atoms with Crippen molar-refractivity contribution in [3.05, 3.63) is 81.6 Å². The second-order valence-electron chi connectivity index (χ2n) is 7.24. The molecule has 0 fully saturated rings. The smallest absolute Gasteiger partial charge is 0.251 e. The molecule has 0 aliphatic heterocycles. The normalized spacial score (nSPS) is 11.6. The zero-order valence-electron chi connectivity index (χ0n) is 18.1. The first kappa shape index (κ1) is 25.0. The number of amides is 2. The topological polar surface area (TPSA) is 88.9 Å². The highest BCUT2D eigenvalue weighted by molar-refractivity contribution is 9.10. The largest absolute Gasteiger partial charge is 0.342 e. The number of aryl methyl sites for hydroxylation is 1. The molecule has 0 aliphatic carbocycles. The lowest BCUT2D eigenvalue weighted by atomic mass is 10.2. The fourth-order valence-electron chi connectivity index (χ4n) is 3.02. The molecule has 1 aromatic heterocycles. The van der Waals surface area contributed by atoms with E-state index in [0.29, 0.717) is 28.1 Å². The number of hydrogen-bond donors (Lipinski definition) is 2. The van der Waals surface area contributed by atoms with Crippen LogP contribution in [-0.2, 0) is 11.3 Å². The van der Waals surface area contributed by atoms with Crippen molar-refractivity contribution in [3.63, 3.8) is 0 Å². The van der Waals surface area contributed by atoms with E-state index in [0.717, 1.165) is 15.7 Å². The molecule has 0 bridgehead atoms. The van der Waals surface area contributed by atoms with Crippen molar-refractivity contribution in [1.29, 1.82) is 0 Å². The van der Waals surface area contributed by atoms with Gasteiger partial charge in [0.25, 0.3) is 5.91 Å². The first-order chi connectivity index (χ1) is 15.8. The van der Waals surface area contributed by atoms with Crippen LogP contribution in [0.15, 0.2) is 64.7 Å². The van der Waals surface area contributed by atoms with Gasteiger partial charge in [0.2, 0.25) is 5.91 Å². The summed E-state index contributed by atoms with van der Waals surface area (Å²) < 4.78 is 2.82. The summed E-state index contributed by atoms with van der Waals surface area (Å²) in [6.45, 7) is 8.02. The molecule has 10 heteroatoms. The lowest BCUT2D eigenvalue weighted by Crippen LogP contribution is -2.28. The van der Waals surface area contributed by atoms with Crippen molar-refractivity contribution in [1.82, 2.24) is 20.1 Å². The number of halogens is 2. The number of nitrogens with zero attached hydrogens (tertiary/aromatic N) is 3. The number of carbonyl (C=O) groups excluding carboxylic acids is 2. The fraction of sp³-hybridized carbons (Fsp3) is 0.217. The predicted molar refractivity (Wildman–Crippen MR) is 136 cm³/mol. The molecule has 1 heterocycles. The maximum absolute atomic E-state index is 12.6. The van der Waals surface area contributed by atoms with Crippen molar-refractivity contribution in [2.24, 2.45) is 0 Å². The number of thioether (sulfide) groups is 1. The molecule has 0 saturated carbocycles. The predicted octanol–water partition coefficient (Wildman–Crippen LogP) is 5.41. The highest BCUT2D eigenvalue weighted by atomic mass is 79.9. The Morgan fingerprint density at radius 1 is 1.24 bits per heavy atom. The van der Waals surface area contributed by atoms with Crippen LogP contribution in [0.1, 0.15) is 34.7 Å². The van der Waals surface area contributed by atoms with Gasteiger partial charge in [0.15, 0.2) is 11.0 Å². The van der Waals surface area contributed by atoms with Gasteiger partial charge in [-0.25, -0.2) is 0 Å². The lowest BCUT2D eigenvalue weighted by molar-refractivity contribution is -0.113. The van der Waals surface area contributed by atoms with E-state index in [1.54, 1.807) is 30.3 Å². The lowest BCUT2D eigenvalue weighted by Gasteiger charge is -2.15. The van der Waals surface area contributed by atoms with Gasteiger partial charge in [-0.1, -0.05) is 45.4 Å². The molecule has 7 nitrogen and oxygen atoms in total. The van der Waals surface area contributed by atoms with Crippen LogP contribution < -0.4 is 10.6 Å². The van der Waals surface area contributed by atoms with E-state index in [4.69, 9.17) is 11.6 Å². The molecular weight excluding hydrogens is 526 g/mol. The monoisotopic (exact) mass is 547 g/mol. The Bertz CT molecular complexity index is 1170. The zero-order chi connectivity index (χ0) is 24.0. The van der Waals surface area contributed by atoms with Gasteiger partial charge < -0.3 is 15.2 Å². The minimum atomic E-state index is -0.408. The molecular formula is C23H23BrClN5O2S. The number of aromatic nitrogens is 3. The third-order valence-corrected chi connectivity index (χ3v) is 6.78. The molecule has 1 atom stereocenters. The highest BCUT2D eigenvalue weighted by Crippen LogP contribution is 2.23. The summed E-state index contributed by atoms with van der Waals surface area (Å²) >= 11 is 10.6. The van der Waals surface area contributed by atoms with Crippen LogP contribution in [0.4, 0.5) is 5.69 Å². The molecule has 2 aromatic carbocycles. The second kappa shape index (κ2) is 11.5. The Balaban J connectivity index is 1.65. The standard InChI is InChI=1S/C23H23BrClN5O2S/c1-4-11-30-21(15(3)26-22(32)16-5-7-17(25)8-6-16)28-29-23(30)33-13-20(31)27-18-9-10-19(24)14(2)12-18/h4-10,12,15H,1,11,13H2,2-3H3,(H,26,32)(H,27,31)/t15-/m1/s1. The summed E-state index contributed by atoms with van der Waals surface area (Å²) in [5.74, 6) is 0.338. The molecule has 0 aliphatic rings. The van der Waals surface area contributed by atoms with Crippen molar-refractivity contribution in [2.45, 2.75) is 31.6 Å². The van der Waals surface area contributed by atoms with Gasteiger partial charge in [0, 0.05) is 27.3 Å². The highest BCUT2D eigenvalue weighted by Gasteiger charge is 2.20. The molecule has 2 amide bonds. The first-order valence-electron chi connectivity index (χ1n) is 10.1. The molecule has 3 rings (SSSR count). The Hall–Kier alpha value is -2.62. The molecule has 0 spiro atoms. The first-order valence-corrected chi connectivity index (χ1v) is 12.2. The molecule has 33 heavy (non-hydrogen) atoms. The van der Waals surface area contributed by atoms with Crippen molar-refractivity contribution >= 4 is 56.8 Å². The third-order valence-electron chi connectivity index (χ3n) is 4.67. The number of carbonyl (C=O) groups is 2. The summed E-state index contributed by atoms with van der Waals surface area (Å²) in [5, 5.41) is 15.4. The van der Waals surface area contributed by atoms with Gasteiger partial charge in [-0.3, -0.25) is 9.59 Å². The third kappa shape index (κ3) is 6.69. The van der Waals surface area contributed by atoms with Crippen LogP contribution in [0.3, 0.4) is 0 Å². The number of rotatable bonds is 9. The number of benzene rings is 2. The Morgan fingerprint density at radius 3 is 2.64 bits per heavy atom. The van der Waals surface area contributed by atoms with Gasteiger partial charge in [-0.2, -0.15) is 0 Å². The van der Waals surface area contributed by atoms with Crippen molar-refractivity contribution < 1.29 is 9.59 Å². The van der Waals surface area contributed by atoms with E-state index >= 15 is 0 Å². The number of anilines is 1. The summed E-state index contributed by atoms with van der Waals surface area (Å²) in [7, 11) is 0. The van der Waals surface area contributed by atoms with E-state index < -0.39 is 6.04 Å². The molecule has 172 valence electrons. The number of allylic oxidation sites excluding steroid dienone is 1. The second-order valence-corrected chi connectivity index (χ2v) is 9.48. The molecule has 2 N–H and O–H groups in total. The van der Waals surface area contributed by atoms with Gasteiger partial charge in [0.05, 0.1) is 11.8 Å². The average Bonchev–Trinajstić information content (AvgIpc) is 3.18. The zero-order valence-corrected chi connectivity index (χ0v) is 21.3. The fourth-order valence-corrected chi connectivity index (χ4v) is 4.15. The van der Waals surface area contributed by atoms with Gasteiger partial charge >= 0.3 is 0 Å². The Morgan fingerprint density at radius 2 is 1.97 bits per heavy atom. The van der Waals surface area contributed by atoms with Crippen LogP contribution in [0.2, 0.25) is 5.02 Å². The SMILES string of the molecule is C=CCn1c(SCC(=O)Nc2ccc(Br)c(C)c2)nnc1[C@@H](C)NC(=O)c1ccc(Cl)cc1. The van der Waals surface area contributed by atoms with Gasteiger partial charge in [-0.05, 0) is 61.9 Å². The van der Waals surface area contributed by atoms with E-state index in [9.17, 15) is 9.59 Å². The Labute approximate surface area is 210 Å². The van der Waals surface area contributed by atoms with Crippen LogP contribution >= 0.6 is 39.3 Å². The van der Waals surface area contributed by atoms with E-state index in [-0.39, 0.29) is 17.6 Å². The maximum Gasteiger partial charge on any atom is 0.251 e. The minimum Gasteiger partial charge on any atom is -0.342 e. The quantitative estimate of drug-likeness (QED) is 0.276. The van der Waals surface area contributed by atoms with Gasteiger partial charge in [0.1, 0.15) is 0 Å². The molecule has 0 radical (unpaired) electrons. The van der Waals surface area contributed by atoms with Crippen LogP contribution in [0.5, 0.6) is 0 Å². The Kier molecular flexibility index (Phi) is 8.71. The van der Waals surface area contributed by atoms with Crippen LogP contribution in [0, 0.1) is 6.92 Å². The van der Waals surface area contributed by atoms with Crippen molar-refractivity contribution in [2.75, 3.05) is 11.1 Å². The molecule has 0 saturated heterocycles. The number of nitrogens with one attached hydrogen (secondary N) is 2. The summed E-state index contributed by atoms with van der Waals surface area (Å²) in [4.78, 5) is 25.0. The average molecular weight is 549 g/mol. The maximum atomic E-state index is 12.6. The van der Waals surface area contributed by atoms with Crippen LogP contribution in [-0.4, -0.2) is 32.3 Å². The van der Waals surface area contributed by atoms with Crippen LogP contribution in [0.25, 0.3) is 0 Å². The van der Waals surface area contributed by atoms with Crippen molar-refractivity contribution in [3.8, 4) is 0 Å². The van der Waals surface area contributed by atoms with Gasteiger partial charge in [-0.15, -0.1) is 16.8 Å². The summed E-state index contributed by atoms with van der Waals surface area (Å²) in [5.41, 5.74) is 2.26. The summed E-state index contributed by atoms with van der Waals surface area (Å²) in [6.07, 6.45) is 1.72. The molecule has 3 aromatic rings. The van der Waals surface area contributed by atoms with E-state index in [1.807, 2.05) is 36.6 Å². The van der Waals surface area contributed by atoms with E-state index in [2.05, 4.69) is 43.3 Å². The molecule has 0 unspecified atom stereocenters.